The van der Waals surface area contributed by atoms with Crippen molar-refractivity contribution in [2.24, 2.45) is 0 Å². The summed E-state index contributed by atoms with van der Waals surface area (Å²) in [6, 6.07) is 8.21. The van der Waals surface area contributed by atoms with Gasteiger partial charge < -0.3 is 5.32 Å². The second-order valence-electron chi connectivity index (χ2n) is 5.28. The average Bonchev–Trinajstić information content (AvgIpc) is 3.27. The molecule has 0 aliphatic rings. The fourth-order valence-electron chi connectivity index (χ4n) is 2.15. The summed E-state index contributed by atoms with van der Waals surface area (Å²) in [5.41, 5.74) is 0.116. The lowest BCUT2D eigenvalue weighted by atomic mass is 10.3. The summed E-state index contributed by atoms with van der Waals surface area (Å²) in [6.45, 7) is 0.679. The van der Waals surface area contributed by atoms with E-state index >= 15 is 0 Å². The van der Waals surface area contributed by atoms with E-state index < -0.39 is 5.82 Å². The van der Waals surface area contributed by atoms with Crippen LogP contribution in [0, 0.1) is 5.82 Å². The average molecular weight is 412 g/mol. The number of anilines is 1. The Balaban J connectivity index is 1.46. The minimum Gasteiger partial charge on any atom is -0.324 e. The predicted octanol–water partition coefficient (Wildman–Crippen LogP) is 3.89. The van der Waals surface area contributed by atoms with Crippen molar-refractivity contribution in [1.29, 1.82) is 0 Å². The number of nitrogens with one attached hydrogen (secondary N) is 1. The molecule has 1 aromatic carbocycles. The minimum absolute atomic E-state index is 0.116. The van der Waals surface area contributed by atoms with Crippen LogP contribution in [0.15, 0.2) is 40.9 Å². The molecule has 26 heavy (non-hydrogen) atoms. The van der Waals surface area contributed by atoms with Crippen LogP contribution in [0.25, 0.3) is 0 Å². The highest BCUT2D eigenvalue weighted by atomic mass is 35.5. The lowest BCUT2D eigenvalue weighted by Crippen LogP contribution is -2.13. The number of thiophene rings is 1. The van der Waals surface area contributed by atoms with E-state index in [0.29, 0.717) is 17.5 Å². The molecule has 10 heteroatoms. The van der Waals surface area contributed by atoms with Crippen LogP contribution < -0.4 is 5.32 Å². The lowest BCUT2D eigenvalue weighted by molar-refractivity contribution is -0.115. The van der Waals surface area contributed by atoms with Gasteiger partial charge in [-0.05, 0) is 40.1 Å². The number of carbonyl (C=O) groups excluding carboxylic acids is 1. The van der Waals surface area contributed by atoms with Crippen LogP contribution in [-0.4, -0.2) is 31.9 Å². The van der Waals surface area contributed by atoms with Gasteiger partial charge in [-0.1, -0.05) is 29.4 Å². The molecule has 136 valence electrons. The smallest absolute Gasteiger partial charge is 0.225 e. The molecule has 0 radical (unpaired) electrons. The van der Waals surface area contributed by atoms with Gasteiger partial charge in [-0.3, -0.25) is 4.79 Å². The van der Waals surface area contributed by atoms with Gasteiger partial charge in [0.1, 0.15) is 5.82 Å². The largest absolute Gasteiger partial charge is 0.324 e. The molecular weight excluding hydrogens is 397 g/mol. The molecule has 0 aliphatic carbocycles. The number of aromatic nitrogens is 4. The number of rotatable bonds is 8. The van der Waals surface area contributed by atoms with E-state index in [1.807, 2.05) is 11.4 Å². The molecule has 0 fully saturated rings. The number of aryl methyl sites for hydroxylation is 2. The summed E-state index contributed by atoms with van der Waals surface area (Å²) < 4.78 is 15.4. The first-order valence-corrected chi connectivity index (χ1v) is 10.0. The number of halogens is 2. The summed E-state index contributed by atoms with van der Waals surface area (Å²) in [5, 5.41) is 17.2. The standard InChI is InChI=1S/C16H15ClFN5OS2/c17-11-3-4-14(13(18)10-11)19-15(24)6-9-26-16-20-21-22-23(16)7-5-12-2-1-8-25-12/h1-4,8,10H,5-7,9H2,(H,19,24). The van der Waals surface area contributed by atoms with Gasteiger partial charge in [0.05, 0.1) is 12.2 Å². The van der Waals surface area contributed by atoms with Crippen LogP contribution in [-0.2, 0) is 17.8 Å². The maximum absolute atomic E-state index is 13.7. The Kier molecular flexibility index (Phi) is 6.59. The predicted molar refractivity (Wildman–Crippen MR) is 101 cm³/mol. The molecule has 6 nitrogen and oxygen atoms in total. The summed E-state index contributed by atoms with van der Waals surface area (Å²) in [6.07, 6.45) is 1.07. The first kappa shape index (κ1) is 18.8. The van der Waals surface area contributed by atoms with Gasteiger partial charge in [-0.2, -0.15) is 0 Å². The third-order valence-corrected chi connectivity index (χ3v) is 5.54. The van der Waals surface area contributed by atoms with Crippen molar-refractivity contribution in [3.63, 3.8) is 0 Å². The molecule has 0 unspecified atom stereocenters. The topological polar surface area (TPSA) is 72.7 Å². The van der Waals surface area contributed by atoms with Gasteiger partial charge in [-0.15, -0.1) is 16.4 Å². The Morgan fingerprint density at radius 2 is 2.27 bits per heavy atom. The van der Waals surface area contributed by atoms with Crippen LogP contribution in [0.2, 0.25) is 5.02 Å². The number of thioether (sulfide) groups is 1. The first-order chi connectivity index (χ1) is 12.6. The molecule has 0 saturated carbocycles. The van der Waals surface area contributed by atoms with Crippen molar-refractivity contribution in [3.8, 4) is 0 Å². The number of amides is 1. The van der Waals surface area contributed by atoms with Gasteiger partial charge in [0.15, 0.2) is 0 Å². The molecule has 3 aromatic rings. The van der Waals surface area contributed by atoms with E-state index in [-0.39, 0.29) is 23.0 Å². The van der Waals surface area contributed by atoms with Crippen molar-refractivity contribution in [1.82, 2.24) is 20.2 Å². The summed E-state index contributed by atoms with van der Waals surface area (Å²) in [5.74, 6) is -0.354. The molecule has 1 N–H and O–H groups in total. The fourth-order valence-corrected chi connectivity index (χ4v) is 3.85. The summed E-state index contributed by atoms with van der Waals surface area (Å²) >= 11 is 8.78. The number of carbonyl (C=O) groups is 1. The van der Waals surface area contributed by atoms with Crippen LogP contribution in [0.4, 0.5) is 10.1 Å². The Bertz CT molecular complexity index is 871. The van der Waals surface area contributed by atoms with Crippen molar-refractivity contribution in [2.45, 2.75) is 24.5 Å². The van der Waals surface area contributed by atoms with Crippen LogP contribution >= 0.6 is 34.7 Å². The fraction of sp³-hybridized carbons (Fsp3) is 0.250. The van der Waals surface area contributed by atoms with Crippen molar-refractivity contribution in [2.75, 3.05) is 11.1 Å². The van der Waals surface area contributed by atoms with Crippen molar-refractivity contribution >= 4 is 46.3 Å². The molecule has 0 spiro atoms. The van der Waals surface area contributed by atoms with Crippen LogP contribution in [0.3, 0.4) is 0 Å². The van der Waals surface area contributed by atoms with Crippen molar-refractivity contribution < 1.29 is 9.18 Å². The quantitative estimate of drug-likeness (QED) is 0.569. The number of tetrazole rings is 1. The Morgan fingerprint density at radius 1 is 1.38 bits per heavy atom. The number of benzene rings is 1. The highest BCUT2D eigenvalue weighted by Gasteiger charge is 2.11. The minimum atomic E-state index is -0.559. The highest BCUT2D eigenvalue weighted by Crippen LogP contribution is 2.20. The van der Waals surface area contributed by atoms with E-state index in [4.69, 9.17) is 11.6 Å². The Morgan fingerprint density at radius 3 is 3.04 bits per heavy atom. The zero-order chi connectivity index (χ0) is 18.4. The highest BCUT2D eigenvalue weighted by molar-refractivity contribution is 7.99. The second-order valence-corrected chi connectivity index (χ2v) is 7.82. The maximum Gasteiger partial charge on any atom is 0.225 e. The summed E-state index contributed by atoms with van der Waals surface area (Å²) in [4.78, 5) is 13.2. The normalized spacial score (nSPS) is 10.8. The molecule has 0 saturated heterocycles. The molecular formula is C16H15ClFN5OS2. The molecule has 0 atom stereocenters. The van der Waals surface area contributed by atoms with Gasteiger partial charge in [0.25, 0.3) is 0 Å². The molecule has 2 heterocycles. The van der Waals surface area contributed by atoms with Gasteiger partial charge >= 0.3 is 0 Å². The van der Waals surface area contributed by atoms with E-state index in [1.54, 1.807) is 16.0 Å². The molecule has 0 bridgehead atoms. The van der Waals surface area contributed by atoms with Crippen LogP contribution in [0.5, 0.6) is 0 Å². The molecule has 3 rings (SSSR count). The van der Waals surface area contributed by atoms with E-state index in [9.17, 15) is 9.18 Å². The van der Waals surface area contributed by atoms with E-state index in [2.05, 4.69) is 26.9 Å². The van der Waals surface area contributed by atoms with Crippen LogP contribution in [0.1, 0.15) is 11.3 Å². The Hall–Kier alpha value is -1.97. The SMILES string of the molecule is O=C(CCSc1nnnn1CCc1cccs1)Nc1ccc(Cl)cc1F. The number of hydrogen-bond donors (Lipinski definition) is 1. The zero-order valence-electron chi connectivity index (χ0n) is 13.6. The molecule has 0 aliphatic heterocycles. The zero-order valence-corrected chi connectivity index (χ0v) is 16.0. The second kappa shape index (κ2) is 9.11. The number of hydrogen-bond acceptors (Lipinski definition) is 6. The van der Waals surface area contributed by atoms with Gasteiger partial charge in [0, 0.05) is 28.5 Å². The first-order valence-electron chi connectivity index (χ1n) is 7.78. The molecule has 1 amide bonds. The monoisotopic (exact) mass is 411 g/mol. The number of nitrogens with zero attached hydrogens (tertiary/aromatic N) is 4. The van der Waals surface area contributed by atoms with E-state index in [0.717, 1.165) is 12.5 Å². The third kappa shape index (κ3) is 5.26. The maximum atomic E-state index is 13.7. The van der Waals surface area contributed by atoms with Crippen molar-refractivity contribution in [3.05, 3.63) is 51.4 Å². The summed E-state index contributed by atoms with van der Waals surface area (Å²) in [7, 11) is 0. The molecule has 2 aromatic heterocycles. The van der Waals surface area contributed by atoms with Gasteiger partial charge in [-0.25, -0.2) is 9.07 Å². The third-order valence-electron chi connectivity index (χ3n) is 3.41. The lowest BCUT2D eigenvalue weighted by Gasteiger charge is -2.07. The van der Waals surface area contributed by atoms with Gasteiger partial charge in [0.2, 0.25) is 11.1 Å². The Labute approximate surface area is 162 Å². The van der Waals surface area contributed by atoms with E-state index in [1.165, 1.54) is 28.8 Å².